The van der Waals surface area contributed by atoms with Gasteiger partial charge in [0.2, 0.25) is 0 Å². The third-order valence-electron chi connectivity index (χ3n) is 3.28. The van der Waals surface area contributed by atoms with Crippen molar-refractivity contribution in [2.45, 2.75) is 32.2 Å². The summed E-state index contributed by atoms with van der Waals surface area (Å²) in [5, 5.41) is 12.6. The molecule has 2 N–H and O–H groups in total. The van der Waals surface area contributed by atoms with Crippen LogP contribution in [0.25, 0.3) is 0 Å². The van der Waals surface area contributed by atoms with Gasteiger partial charge < -0.3 is 15.2 Å². The fraction of sp³-hybridized carbons (Fsp3) is 0.500. The summed E-state index contributed by atoms with van der Waals surface area (Å²) in [6.07, 6.45) is 1.98. The number of hydrogen-bond donors (Lipinski definition) is 2. The van der Waals surface area contributed by atoms with E-state index in [1.807, 2.05) is 19.1 Å². The maximum absolute atomic E-state index is 11.2. The van der Waals surface area contributed by atoms with Gasteiger partial charge in [0, 0.05) is 12.3 Å². The molecule has 98 valence electrons. The minimum absolute atomic E-state index is 0.183. The molecule has 1 atom stereocenters. The molecule has 1 aromatic carbocycles. The largest absolute Gasteiger partial charge is 0.478 e. The van der Waals surface area contributed by atoms with E-state index in [9.17, 15) is 9.90 Å². The molecule has 1 aliphatic rings. The fourth-order valence-electron chi connectivity index (χ4n) is 2.30. The minimum atomic E-state index is -0.901. The van der Waals surface area contributed by atoms with Crippen molar-refractivity contribution in [2.75, 3.05) is 18.5 Å². The summed E-state index contributed by atoms with van der Waals surface area (Å²) < 4.78 is 5.47. The molecule has 4 nitrogen and oxygen atoms in total. The molecule has 1 aromatic rings. The lowest BCUT2D eigenvalue weighted by Crippen LogP contribution is -2.43. The van der Waals surface area contributed by atoms with E-state index in [4.69, 9.17) is 4.74 Å². The van der Waals surface area contributed by atoms with Crippen molar-refractivity contribution < 1.29 is 14.6 Å². The monoisotopic (exact) mass is 249 g/mol. The molecular weight excluding hydrogens is 230 g/mol. The van der Waals surface area contributed by atoms with E-state index in [1.165, 1.54) is 0 Å². The normalized spacial score (nSPS) is 23.7. The standard InChI is InChI=1S/C14H19NO3/c1-10-4-5-12(11(8-10)13(16)17)15-14(2)6-3-7-18-9-14/h4-5,8,15H,3,6-7,9H2,1-2H3,(H,16,17). The molecule has 1 unspecified atom stereocenters. The van der Waals surface area contributed by atoms with Crippen LogP contribution in [-0.2, 0) is 4.74 Å². The van der Waals surface area contributed by atoms with Gasteiger partial charge in [-0.1, -0.05) is 11.6 Å². The number of hydrogen-bond acceptors (Lipinski definition) is 3. The third kappa shape index (κ3) is 2.82. The summed E-state index contributed by atoms with van der Waals surface area (Å²) in [7, 11) is 0. The van der Waals surface area contributed by atoms with Crippen LogP contribution in [0.5, 0.6) is 0 Å². The summed E-state index contributed by atoms with van der Waals surface area (Å²) in [6, 6.07) is 5.44. The first kappa shape index (κ1) is 12.9. The van der Waals surface area contributed by atoms with Gasteiger partial charge in [-0.05, 0) is 38.8 Å². The van der Waals surface area contributed by atoms with Gasteiger partial charge in [-0.3, -0.25) is 0 Å². The lowest BCUT2D eigenvalue weighted by atomic mass is 9.94. The second kappa shape index (κ2) is 4.98. The Balaban J connectivity index is 2.25. The van der Waals surface area contributed by atoms with E-state index >= 15 is 0 Å². The first-order valence-corrected chi connectivity index (χ1v) is 6.20. The maximum Gasteiger partial charge on any atom is 0.337 e. The van der Waals surface area contributed by atoms with Crippen LogP contribution in [-0.4, -0.2) is 29.8 Å². The molecule has 1 saturated heterocycles. The molecule has 0 aromatic heterocycles. The Morgan fingerprint density at radius 1 is 1.50 bits per heavy atom. The van der Waals surface area contributed by atoms with Gasteiger partial charge in [-0.25, -0.2) is 4.79 Å². The minimum Gasteiger partial charge on any atom is -0.478 e. The predicted octanol–water partition coefficient (Wildman–Crippen LogP) is 2.67. The lowest BCUT2D eigenvalue weighted by Gasteiger charge is -2.35. The maximum atomic E-state index is 11.2. The van der Waals surface area contributed by atoms with E-state index in [0.717, 1.165) is 25.0 Å². The topological polar surface area (TPSA) is 58.6 Å². The molecule has 0 radical (unpaired) electrons. The van der Waals surface area contributed by atoms with Gasteiger partial charge in [-0.2, -0.15) is 0 Å². The number of aromatic carboxylic acids is 1. The molecular formula is C14H19NO3. The molecule has 1 aliphatic heterocycles. The molecule has 2 rings (SSSR count). The van der Waals surface area contributed by atoms with Crippen LogP contribution >= 0.6 is 0 Å². The van der Waals surface area contributed by atoms with E-state index in [0.29, 0.717) is 17.9 Å². The molecule has 0 bridgehead atoms. The first-order valence-electron chi connectivity index (χ1n) is 6.20. The molecule has 4 heteroatoms. The quantitative estimate of drug-likeness (QED) is 0.864. The average Bonchev–Trinajstić information content (AvgIpc) is 2.32. The van der Waals surface area contributed by atoms with Gasteiger partial charge in [0.05, 0.1) is 17.7 Å². The second-order valence-corrected chi connectivity index (χ2v) is 5.20. The number of carboxylic acid groups (broad SMARTS) is 1. The van der Waals surface area contributed by atoms with Crippen LogP contribution in [0.2, 0.25) is 0 Å². The molecule has 0 aliphatic carbocycles. The highest BCUT2D eigenvalue weighted by Gasteiger charge is 2.28. The number of rotatable bonds is 3. The number of carbonyl (C=O) groups is 1. The second-order valence-electron chi connectivity index (χ2n) is 5.20. The lowest BCUT2D eigenvalue weighted by molar-refractivity contribution is 0.0538. The van der Waals surface area contributed by atoms with Crippen molar-refractivity contribution >= 4 is 11.7 Å². The number of aryl methyl sites for hydroxylation is 1. The highest BCUT2D eigenvalue weighted by atomic mass is 16.5. The molecule has 0 saturated carbocycles. The van der Waals surface area contributed by atoms with E-state index in [2.05, 4.69) is 12.2 Å². The van der Waals surface area contributed by atoms with E-state index in [-0.39, 0.29) is 5.54 Å². The Morgan fingerprint density at radius 3 is 2.89 bits per heavy atom. The summed E-state index contributed by atoms with van der Waals surface area (Å²) in [5.74, 6) is -0.901. The Kier molecular flexibility index (Phi) is 3.57. The molecule has 18 heavy (non-hydrogen) atoms. The van der Waals surface area contributed by atoms with Crippen molar-refractivity contribution in [2.24, 2.45) is 0 Å². The number of benzene rings is 1. The Labute approximate surface area is 107 Å². The van der Waals surface area contributed by atoms with E-state index < -0.39 is 5.97 Å². The van der Waals surface area contributed by atoms with Crippen LogP contribution in [0.15, 0.2) is 18.2 Å². The Bertz CT molecular complexity index is 450. The van der Waals surface area contributed by atoms with Crippen LogP contribution in [0.4, 0.5) is 5.69 Å². The van der Waals surface area contributed by atoms with Crippen molar-refractivity contribution in [3.63, 3.8) is 0 Å². The van der Waals surface area contributed by atoms with Crippen molar-refractivity contribution in [1.82, 2.24) is 0 Å². The zero-order valence-corrected chi connectivity index (χ0v) is 10.8. The van der Waals surface area contributed by atoms with Crippen LogP contribution in [0.3, 0.4) is 0 Å². The zero-order valence-electron chi connectivity index (χ0n) is 10.8. The Morgan fingerprint density at radius 2 is 2.28 bits per heavy atom. The number of nitrogens with one attached hydrogen (secondary N) is 1. The molecule has 0 spiro atoms. The first-order chi connectivity index (χ1) is 8.50. The number of ether oxygens (including phenoxy) is 1. The molecule has 0 amide bonds. The van der Waals surface area contributed by atoms with Crippen LogP contribution in [0, 0.1) is 6.92 Å². The van der Waals surface area contributed by atoms with Crippen molar-refractivity contribution in [1.29, 1.82) is 0 Å². The third-order valence-corrected chi connectivity index (χ3v) is 3.28. The predicted molar refractivity (Wildman–Crippen MR) is 70.2 cm³/mol. The van der Waals surface area contributed by atoms with Gasteiger partial charge in [-0.15, -0.1) is 0 Å². The summed E-state index contributed by atoms with van der Waals surface area (Å²) in [4.78, 5) is 11.2. The number of carboxylic acids is 1. The van der Waals surface area contributed by atoms with Crippen LogP contribution in [0.1, 0.15) is 35.7 Å². The van der Waals surface area contributed by atoms with Crippen molar-refractivity contribution in [3.8, 4) is 0 Å². The SMILES string of the molecule is Cc1ccc(NC2(C)CCCOC2)c(C(=O)O)c1. The van der Waals surface area contributed by atoms with Gasteiger partial charge >= 0.3 is 5.97 Å². The van der Waals surface area contributed by atoms with Crippen LogP contribution < -0.4 is 5.32 Å². The van der Waals surface area contributed by atoms with Gasteiger partial charge in [0.1, 0.15) is 0 Å². The number of anilines is 1. The molecule has 1 heterocycles. The highest BCUT2D eigenvalue weighted by molar-refractivity contribution is 5.94. The summed E-state index contributed by atoms with van der Waals surface area (Å²) in [6.45, 7) is 5.36. The smallest absolute Gasteiger partial charge is 0.337 e. The fourth-order valence-corrected chi connectivity index (χ4v) is 2.30. The van der Waals surface area contributed by atoms with Gasteiger partial charge in [0.25, 0.3) is 0 Å². The Hall–Kier alpha value is -1.55. The molecule has 1 fully saturated rings. The van der Waals surface area contributed by atoms with E-state index in [1.54, 1.807) is 6.07 Å². The van der Waals surface area contributed by atoms with Crippen molar-refractivity contribution in [3.05, 3.63) is 29.3 Å². The average molecular weight is 249 g/mol. The summed E-state index contributed by atoms with van der Waals surface area (Å²) >= 11 is 0. The highest BCUT2D eigenvalue weighted by Crippen LogP contribution is 2.27. The summed E-state index contributed by atoms with van der Waals surface area (Å²) in [5.41, 5.74) is 1.75. The zero-order chi connectivity index (χ0) is 13.2. The van der Waals surface area contributed by atoms with Gasteiger partial charge in [0.15, 0.2) is 0 Å².